The molecule has 0 aliphatic carbocycles. The summed E-state index contributed by atoms with van der Waals surface area (Å²) in [4.78, 5) is 18.4. The van der Waals surface area contributed by atoms with Gasteiger partial charge >= 0.3 is 0 Å². The van der Waals surface area contributed by atoms with E-state index in [-0.39, 0.29) is 17.9 Å². The zero-order chi connectivity index (χ0) is 23.8. The topological polar surface area (TPSA) is 79.4 Å². The predicted octanol–water partition coefficient (Wildman–Crippen LogP) is 3.58. The first-order valence-corrected chi connectivity index (χ1v) is 12.3. The Bertz CT molecular complexity index is 1400. The molecule has 2 aliphatic rings. The van der Waals surface area contributed by atoms with Crippen molar-refractivity contribution in [2.45, 2.75) is 38.3 Å². The number of nitrogens with zero attached hydrogens (tertiary/aromatic N) is 4. The van der Waals surface area contributed by atoms with Gasteiger partial charge in [-0.1, -0.05) is 72.8 Å². The van der Waals surface area contributed by atoms with Gasteiger partial charge in [0.2, 0.25) is 0 Å². The van der Waals surface area contributed by atoms with Crippen LogP contribution in [0.15, 0.2) is 83.8 Å². The van der Waals surface area contributed by atoms with Crippen molar-refractivity contribution in [2.24, 2.45) is 5.73 Å². The molecule has 7 heteroatoms. The highest BCUT2D eigenvalue weighted by atomic mass is 16.1. The molecule has 35 heavy (non-hydrogen) atoms. The number of likely N-dealkylation sites (tertiary alicyclic amines) is 1. The van der Waals surface area contributed by atoms with Gasteiger partial charge in [-0.3, -0.25) is 9.69 Å². The van der Waals surface area contributed by atoms with E-state index in [0.717, 1.165) is 53.5 Å². The van der Waals surface area contributed by atoms with E-state index in [1.165, 1.54) is 0 Å². The molecule has 0 bridgehead atoms. The number of hydrogen-bond donors (Lipinski definition) is 2. The number of nitrogens with two attached hydrogens (primary N) is 1. The Morgan fingerprint density at radius 2 is 1.77 bits per heavy atom. The molecule has 7 nitrogen and oxygen atoms in total. The van der Waals surface area contributed by atoms with E-state index in [1.807, 2.05) is 36.4 Å². The average Bonchev–Trinajstić information content (AvgIpc) is 3.25. The quantitative estimate of drug-likeness (QED) is 0.468. The van der Waals surface area contributed by atoms with Gasteiger partial charge in [0.15, 0.2) is 6.29 Å². The second-order valence-corrected chi connectivity index (χ2v) is 9.54. The number of nitrogens with one attached hydrogen (secondary N) is 1. The van der Waals surface area contributed by atoms with Crippen molar-refractivity contribution in [1.82, 2.24) is 14.7 Å². The van der Waals surface area contributed by atoms with E-state index < -0.39 is 0 Å². The monoisotopic (exact) mass is 466 g/mol. The maximum atomic E-state index is 13.9. The summed E-state index contributed by atoms with van der Waals surface area (Å²) < 4.78 is 1.59. The summed E-state index contributed by atoms with van der Waals surface area (Å²) in [6.07, 6.45) is 3.76. The van der Waals surface area contributed by atoms with Crippen LogP contribution >= 0.6 is 0 Å². The van der Waals surface area contributed by atoms with Crippen molar-refractivity contribution in [3.05, 3.63) is 100 Å². The highest BCUT2D eigenvalue weighted by molar-refractivity contribution is 5.85. The third kappa shape index (κ3) is 4.17. The largest absolute Gasteiger partial charge is 0.350 e. The van der Waals surface area contributed by atoms with E-state index in [4.69, 9.17) is 5.73 Å². The minimum Gasteiger partial charge on any atom is -0.350 e. The standard InChI is InChI=1S/C28H30N6O/c29-23-13-7-15-32(19-23)28-31-25-16-30-34(18-22-12-6-11-21-10-4-5-14-24(21)22)27(35)26(25)33(28)17-20-8-2-1-3-9-20/h1-6,8-12,14,16,23,28,31H,7,13,15,17-19,29H2. The molecular weight excluding hydrogens is 436 g/mol. The number of anilines is 2. The highest BCUT2D eigenvalue weighted by Gasteiger charge is 2.37. The van der Waals surface area contributed by atoms with Crippen molar-refractivity contribution in [3.63, 3.8) is 0 Å². The lowest BCUT2D eigenvalue weighted by Gasteiger charge is -2.39. The molecule has 3 aromatic carbocycles. The summed E-state index contributed by atoms with van der Waals surface area (Å²) in [5, 5.41) is 10.4. The zero-order valence-electron chi connectivity index (χ0n) is 19.7. The maximum absolute atomic E-state index is 13.9. The van der Waals surface area contributed by atoms with Gasteiger partial charge in [0.1, 0.15) is 5.69 Å². The Balaban J connectivity index is 1.39. The molecule has 2 atom stereocenters. The Labute approximate surface area is 204 Å². The van der Waals surface area contributed by atoms with Crippen molar-refractivity contribution in [2.75, 3.05) is 23.3 Å². The lowest BCUT2D eigenvalue weighted by atomic mass is 10.0. The molecule has 3 heterocycles. The van der Waals surface area contributed by atoms with E-state index in [1.54, 1.807) is 10.9 Å². The van der Waals surface area contributed by atoms with Crippen LogP contribution in [0.4, 0.5) is 11.4 Å². The molecule has 1 fully saturated rings. The van der Waals surface area contributed by atoms with Crippen molar-refractivity contribution >= 4 is 22.1 Å². The first-order valence-electron chi connectivity index (χ1n) is 12.3. The molecule has 0 amide bonds. The third-order valence-electron chi connectivity index (χ3n) is 7.12. The van der Waals surface area contributed by atoms with Gasteiger partial charge in [-0.15, -0.1) is 0 Å². The average molecular weight is 467 g/mol. The molecule has 178 valence electrons. The summed E-state index contributed by atoms with van der Waals surface area (Å²) in [6, 6.07) is 24.9. The fraction of sp³-hybridized carbons (Fsp3) is 0.286. The minimum atomic E-state index is -0.125. The van der Waals surface area contributed by atoms with Crippen LogP contribution < -0.4 is 21.5 Å². The van der Waals surface area contributed by atoms with Gasteiger partial charge in [-0.25, -0.2) is 4.68 Å². The fourth-order valence-electron chi connectivity index (χ4n) is 5.40. The summed E-state index contributed by atoms with van der Waals surface area (Å²) in [5.41, 5.74) is 9.93. The van der Waals surface area contributed by atoms with E-state index in [0.29, 0.717) is 18.8 Å². The lowest BCUT2D eigenvalue weighted by Crippen LogP contribution is -2.56. The van der Waals surface area contributed by atoms with Crippen molar-refractivity contribution in [3.8, 4) is 0 Å². The Hall–Kier alpha value is -3.68. The van der Waals surface area contributed by atoms with Crippen LogP contribution in [0.2, 0.25) is 0 Å². The normalized spacial score (nSPS) is 20.1. The fourth-order valence-corrected chi connectivity index (χ4v) is 5.40. The molecule has 4 aromatic rings. The lowest BCUT2D eigenvalue weighted by molar-refractivity contribution is 0.162. The Kier molecular flexibility index (Phi) is 5.72. The number of rotatable bonds is 5. The van der Waals surface area contributed by atoms with Crippen LogP contribution in [0.25, 0.3) is 10.8 Å². The number of aromatic nitrogens is 2. The smallest absolute Gasteiger partial charge is 0.292 e. The number of piperidine rings is 1. The van der Waals surface area contributed by atoms with Crippen molar-refractivity contribution < 1.29 is 0 Å². The molecule has 0 radical (unpaired) electrons. The molecule has 2 unspecified atom stereocenters. The van der Waals surface area contributed by atoms with Gasteiger partial charge in [-0.05, 0) is 34.7 Å². The van der Waals surface area contributed by atoms with Crippen LogP contribution in [-0.4, -0.2) is 40.1 Å². The van der Waals surface area contributed by atoms with E-state index in [9.17, 15) is 4.79 Å². The molecule has 1 saturated heterocycles. The maximum Gasteiger partial charge on any atom is 0.292 e. The second kappa shape index (κ2) is 9.17. The van der Waals surface area contributed by atoms with Gasteiger partial charge in [0, 0.05) is 25.7 Å². The van der Waals surface area contributed by atoms with E-state index in [2.05, 4.69) is 56.6 Å². The number of fused-ring (bicyclic) bond motifs is 2. The molecule has 3 N–H and O–H groups in total. The summed E-state index contributed by atoms with van der Waals surface area (Å²) in [5.74, 6) is 0. The summed E-state index contributed by atoms with van der Waals surface area (Å²) >= 11 is 0. The Morgan fingerprint density at radius 1 is 0.971 bits per heavy atom. The predicted molar refractivity (Wildman–Crippen MR) is 140 cm³/mol. The minimum absolute atomic E-state index is 0.0809. The van der Waals surface area contributed by atoms with Crippen LogP contribution in [0, 0.1) is 0 Å². The molecule has 1 aromatic heterocycles. The van der Waals surface area contributed by atoms with Gasteiger partial charge in [0.05, 0.1) is 18.4 Å². The summed E-state index contributed by atoms with van der Waals surface area (Å²) in [7, 11) is 0. The number of hydrogen-bond acceptors (Lipinski definition) is 6. The molecular formula is C28H30N6O. The Morgan fingerprint density at radius 3 is 2.63 bits per heavy atom. The van der Waals surface area contributed by atoms with Crippen LogP contribution in [-0.2, 0) is 13.1 Å². The first-order chi connectivity index (χ1) is 17.2. The third-order valence-corrected chi connectivity index (χ3v) is 7.12. The zero-order valence-corrected chi connectivity index (χ0v) is 19.7. The van der Waals surface area contributed by atoms with Gasteiger partial charge in [-0.2, -0.15) is 5.10 Å². The first kappa shape index (κ1) is 21.8. The second-order valence-electron chi connectivity index (χ2n) is 9.54. The summed E-state index contributed by atoms with van der Waals surface area (Å²) in [6.45, 7) is 2.80. The highest BCUT2D eigenvalue weighted by Crippen LogP contribution is 2.34. The SMILES string of the molecule is NC1CCCN(C2Nc3cnn(Cc4cccc5ccccc45)c(=O)c3N2Cc2ccccc2)C1. The molecule has 6 rings (SSSR count). The molecule has 0 saturated carbocycles. The van der Waals surface area contributed by atoms with Crippen LogP contribution in [0.1, 0.15) is 24.0 Å². The van der Waals surface area contributed by atoms with Crippen LogP contribution in [0.3, 0.4) is 0 Å². The van der Waals surface area contributed by atoms with Gasteiger partial charge < -0.3 is 16.0 Å². The molecule has 2 aliphatic heterocycles. The van der Waals surface area contributed by atoms with E-state index >= 15 is 0 Å². The number of benzene rings is 3. The van der Waals surface area contributed by atoms with Crippen molar-refractivity contribution in [1.29, 1.82) is 0 Å². The molecule has 0 spiro atoms. The van der Waals surface area contributed by atoms with Crippen LogP contribution in [0.5, 0.6) is 0 Å². The van der Waals surface area contributed by atoms with Gasteiger partial charge in [0.25, 0.3) is 5.56 Å².